The second-order valence-corrected chi connectivity index (χ2v) is 7.80. The van der Waals surface area contributed by atoms with E-state index >= 15 is 0 Å². The SMILES string of the molecule is Cc1cccc(OCCNC(=O)CSc2nnc(NC3CC3)s2)c1. The first kappa shape index (κ1) is 17.0. The molecule has 0 radical (unpaired) electrons. The maximum absolute atomic E-state index is 11.8. The molecule has 0 unspecified atom stereocenters. The van der Waals surface area contributed by atoms with Crippen molar-refractivity contribution in [1.29, 1.82) is 0 Å². The molecule has 8 heteroatoms. The van der Waals surface area contributed by atoms with E-state index in [0.717, 1.165) is 20.8 Å². The predicted molar refractivity (Wildman–Crippen MR) is 97.0 cm³/mol. The number of ether oxygens (including phenoxy) is 1. The number of nitrogens with zero attached hydrogens (tertiary/aromatic N) is 2. The van der Waals surface area contributed by atoms with Crippen LogP contribution in [0.25, 0.3) is 0 Å². The van der Waals surface area contributed by atoms with Crippen molar-refractivity contribution in [3.8, 4) is 5.75 Å². The highest BCUT2D eigenvalue weighted by molar-refractivity contribution is 8.01. The van der Waals surface area contributed by atoms with Gasteiger partial charge in [0.15, 0.2) is 4.34 Å². The van der Waals surface area contributed by atoms with E-state index in [1.54, 1.807) is 0 Å². The van der Waals surface area contributed by atoms with E-state index < -0.39 is 0 Å². The van der Waals surface area contributed by atoms with Crippen molar-refractivity contribution in [2.75, 3.05) is 24.2 Å². The minimum Gasteiger partial charge on any atom is -0.492 e. The number of anilines is 1. The van der Waals surface area contributed by atoms with Crippen LogP contribution in [0.4, 0.5) is 5.13 Å². The van der Waals surface area contributed by atoms with Crippen LogP contribution in [-0.4, -0.2) is 41.1 Å². The fourth-order valence-electron chi connectivity index (χ4n) is 1.97. The Morgan fingerprint density at radius 3 is 3.08 bits per heavy atom. The lowest BCUT2D eigenvalue weighted by molar-refractivity contribution is -0.118. The summed E-state index contributed by atoms with van der Waals surface area (Å²) in [5, 5.41) is 15.1. The molecule has 24 heavy (non-hydrogen) atoms. The van der Waals surface area contributed by atoms with Crippen molar-refractivity contribution in [1.82, 2.24) is 15.5 Å². The van der Waals surface area contributed by atoms with Crippen LogP contribution in [0.5, 0.6) is 5.75 Å². The lowest BCUT2D eigenvalue weighted by Gasteiger charge is -2.07. The van der Waals surface area contributed by atoms with Crippen molar-refractivity contribution in [2.45, 2.75) is 30.1 Å². The third kappa shape index (κ3) is 5.68. The Labute approximate surface area is 149 Å². The molecule has 1 aromatic carbocycles. The number of hydrogen-bond acceptors (Lipinski definition) is 7. The first-order valence-corrected chi connectivity index (χ1v) is 9.68. The van der Waals surface area contributed by atoms with E-state index in [2.05, 4.69) is 20.8 Å². The van der Waals surface area contributed by atoms with E-state index in [0.29, 0.717) is 24.9 Å². The zero-order valence-corrected chi connectivity index (χ0v) is 15.1. The monoisotopic (exact) mass is 364 g/mol. The first-order valence-electron chi connectivity index (χ1n) is 7.88. The van der Waals surface area contributed by atoms with Crippen LogP contribution >= 0.6 is 23.1 Å². The minimum absolute atomic E-state index is 0.0280. The molecule has 1 aliphatic carbocycles. The van der Waals surface area contributed by atoms with Crippen molar-refractivity contribution in [2.24, 2.45) is 0 Å². The van der Waals surface area contributed by atoms with Crippen molar-refractivity contribution in [3.05, 3.63) is 29.8 Å². The Balaban J connectivity index is 1.30. The van der Waals surface area contributed by atoms with Gasteiger partial charge in [-0.1, -0.05) is 35.2 Å². The van der Waals surface area contributed by atoms with Gasteiger partial charge in [0.05, 0.1) is 12.3 Å². The molecule has 1 fully saturated rings. The fraction of sp³-hybridized carbons (Fsp3) is 0.438. The number of thioether (sulfide) groups is 1. The standard InChI is InChI=1S/C16H20N4O2S2/c1-11-3-2-4-13(9-11)22-8-7-17-14(21)10-23-16-20-19-15(24-16)18-12-5-6-12/h2-4,9,12H,5-8,10H2,1H3,(H,17,21)(H,18,19). The number of aryl methyl sites for hydroxylation is 1. The molecule has 1 saturated carbocycles. The normalized spacial score (nSPS) is 13.5. The molecule has 3 rings (SSSR count). The van der Waals surface area contributed by atoms with Gasteiger partial charge in [-0.15, -0.1) is 10.2 Å². The molecule has 1 heterocycles. The number of nitrogens with one attached hydrogen (secondary N) is 2. The molecule has 2 N–H and O–H groups in total. The van der Waals surface area contributed by atoms with Crippen LogP contribution in [0.15, 0.2) is 28.6 Å². The van der Waals surface area contributed by atoms with Crippen molar-refractivity contribution in [3.63, 3.8) is 0 Å². The Bertz CT molecular complexity index is 688. The van der Waals surface area contributed by atoms with Gasteiger partial charge in [0.1, 0.15) is 12.4 Å². The number of carbonyl (C=O) groups excluding carboxylic acids is 1. The van der Waals surface area contributed by atoms with E-state index in [1.165, 1.54) is 35.9 Å². The van der Waals surface area contributed by atoms with Crippen LogP contribution in [0.3, 0.4) is 0 Å². The molecule has 6 nitrogen and oxygen atoms in total. The minimum atomic E-state index is -0.0280. The average Bonchev–Trinajstić information content (AvgIpc) is 3.26. The second kappa shape index (κ2) is 8.34. The molecule has 0 bridgehead atoms. The summed E-state index contributed by atoms with van der Waals surface area (Å²) in [6.45, 7) is 2.96. The molecule has 1 aliphatic rings. The summed E-state index contributed by atoms with van der Waals surface area (Å²) < 4.78 is 6.41. The summed E-state index contributed by atoms with van der Waals surface area (Å²) >= 11 is 2.90. The molecule has 2 aromatic rings. The number of amides is 1. The Kier molecular flexibility index (Phi) is 5.92. The highest BCUT2D eigenvalue weighted by Crippen LogP contribution is 2.29. The summed E-state index contributed by atoms with van der Waals surface area (Å²) in [7, 11) is 0. The second-order valence-electron chi connectivity index (χ2n) is 5.60. The van der Waals surface area contributed by atoms with Gasteiger partial charge in [-0.3, -0.25) is 4.79 Å². The van der Waals surface area contributed by atoms with Gasteiger partial charge in [-0.05, 0) is 37.5 Å². The van der Waals surface area contributed by atoms with E-state index in [1.807, 2.05) is 31.2 Å². The van der Waals surface area contributed by atoms with Crippen molar-refractivity contribution >= 4 is 34.1 Å². The first-order chi connectivity index (χ1) is 11.7. The topological polar surface area (TPSA) is 76.1 Å². The van der Waals surface area contributed by atoms with E-state index in [4.69, 9.17) is 4.74 Å². The summed E-state index contributed by atoms with van der Waals surface area (Å²) in [6, 6.07) is 8.42. The Hall–Kier alpha value is -1.80. The number of aromatic nitrogens is 2. The van der Waals surface area contributed by atoms with Gasteiger partial charge in [-0.2, -0.15) is 0 Å². The van der Waals surface area contributed by atoms with Crippen LogP contribution < -0.4 is 15.4 Å². The van der Waals surface area contributed by atoms with Gasteiger partial charge >= 0.3 is 0 Å². The van der Waals surface area contributed by atoms with Crippen molar-refractivity contribution < 1.29 is 9.53 Å². The van der Waals surface area contributed by atoms with Gasteiger partial charge in [0.25, 0.3) is 0 Å². The summed E-state index contributed by atoms with van der Waals surface area (Å²) in [5.74, 6) is 1.13. The maximum atomic E-state index is 11.8. The number of benzene rings is 1. The van der Waals surface area contributed by atoms with Gasteiger partial charge in [-0.25, -0.2) is 0 Å². The zero-order chi connectivity index (χ0) is 16.8. The Morgan fingerprint density at radius 1 is 1.42 bits per heavy atom. The molecule has 128 valence electrons. The third-order valence-electron chi connectivity index (χ3n) is 3.32. The van der Waals surface area contributed by atoms with Crippen LogP contribution in [-0.2, 0) is 4.79 Å². The smallest absolute Gasteiger partial charge is 0.230 e. The quantitative estimate of drug-likeness (QED) is 0.526. The lowest BCUT2D eigenvalue weighted by Crippen LogP contribution is -2.29. The van der Waals surface area contributed by atoms with Crippen LogP contribution in [0, 0.1) is 6.92 Å². The highest BCUT2D eigenvalue weighted by atomic mass is 32.2. The largest absolute Gasteiger partial charge is 0.492 e. The van der Waals surface area contributed by atoms with Gasteiger partial charge in [0, 0.05) is 6.04 Å². The Morgan fingerprint density at radius 2 is 2.29 bits per heavy atom. The molecule has 0 atom stereocenters. The third-order valence-corrected chi connectivity index (χ3v) is 5.31. The zero-order valence-electron chi connectivity index (χ0n) is 13.4. The summed E-state index contributed by atoms with van der Waals surface area (Å²) in [6.07, 6.45) is 2.41. The molecular formula is C16H20N4O2S2. The molecular weight excluding hydrogens is 344 g/mol. The van der Waals surface area contributed by atoms with Crippen LogP contribution in [0.2, 0.25) is 0 Å². The lowest BCUT2D eigenvalue weighted by atomic mass is 10.2. The molecule has 1 aromatic heterocycles. The average molecular weight is 364 g/mol. The maximum Gasteiger partial charge on any atom is 0.230 e. The number of rotatable bonds is 9. The summed E-state index contributed by atoms with van der Waals surface area (Å²) in [5.41, 5.74) is 1.15. The molecule has 0 spiro atoms. The van der Waals surface area contributed by atoms with E-state index in [9.17, 15) is 4.79 Å². The number of carbonyl (C=O) groups is 1. The summed E-state index contributed by atoms with van der Waals surface area (Å²) in [4.78, 5) is 11.8. The molecule has 0 aliphatic heterocycles. The fourth-order valence-corrected chi connectivity index (χ4v) is 3.63. The number of hydrogen-bond donors (Lipinski definition) is 2. The predicted octanol–water partition coefficient (Wildman–Crippen LogP) is 2.71. The molecule has 1 amide bonds. The highest BCUT2D eigenvalue weighted by Gasteiger charge is 2.22. The molecule has 0 saturated heterocycles. The van der Waals surface area contributed by atoms with Gasteiger partial charge in [0.2, 0.25) is 11.0 Å². The van der Waals surface area contributed by atoms with Crippen LogP contribution in [0.1, 0.15) is 18.4 Å². The van der Waals surface area contributed by atoms with E-state index in [-0.39, 0.29) is 5.91 Å². The van der Waals surface area contributed by atoms with Gasteiger partial charge < -0.3 is 15.4 Å².